The lowest BCUT2D eigenvalue weighted by atomic mass is 9.70. The molecule has 2 heteroatoms. The van der Waals surface area contributed by atoms with Crippen molar-refractivity contribution < 1.29 is 0 Å². The van der Waals surface area contributed by atoms with Gasteiger partial charge in [-0.05, 0) is 161 Å². The smallest absolute Gasteiger partial charge is 0.0726 e. The largest absolute Gasteiger partial charge is 0.310 e. The first-order valence-corrected chi connectivity index (χ1v) is 25.3. The van der Waals surface area contributed by atoms with Gasteiger partial charge >= 0.3 is 0 Å². The van der Waals surface area contributed by atoms with Gasteiger partial charge in [-0.2, -0.15) is 0 Å². The van der Waals surface area contributed by atoms with Crippen LogP contribution in [0.25, 0.3) is 93.9 Å². The fourth-order valence-electron chi connectivity index (χ4n) is 12.5. The first-order valence-electron chi connectivity index (χ1n) is 25.3. The molecule has 0 unspecified atom stereocenters. The molecule has 0 N–H and O–H groups in total. The van der Waals surface area contributed by atoms with Crippen molar-refractivity contribution >= 4 is 49.6 Å². The van der Waals surface area contributed by atoms with Crippen LogP contribution in [0.1, 0.15) is 22.3 Å². The summed E-state index contributed by atoms with van der Waals surface area (Å²) >= 11 is 0. The first kappa shape index (κ1) is 41.3. The number of para-hydroxylation sites is 3. The average Bonchev–Trinajstić information content (AvgIpc) is 4.16. The Kier molecular flexibility index (Phi) is 9.21. The van der Waals surface area contributed by atoms with Crippen LogP contribution in [0.4, 0.5) is 17.1 Å². The van der Waals surface area contributed by atoms with Gasteiger partial charge in [0.2, 0.25) is 0 Å². The van der Waals surface area contributed by atoms with E-state index in [0.29, 0.717) is 0 Å². The Morgan fingerprint density at radius 3 is 1.47 bits per heavy atom. The first-order chi connectivity index (χ1) is 36.2. The van der Waals surface area contributed by atoms with E-state index >= 15 is 0 Å². The van der Waals surface area contributed by atoms with Crippen molar-refractivity contribution in [1.29, 1.82) is 0 Å². The van der Waals surface area contributed by atoms with Gasteiger partial charge in [-0.3, -0.25) is 0 Å². The minimum Gasteiger partial charge on any atom is -0.310 e. The summed E-state index contributed by atoms with van der Waals surface area (Å²) < 4.78 is 2.42. The van der Waals surface area contributed by atoms with Crippen LogP contribution < -0.4 is 4.90 Å². The second kappa shape index (κ2) is 16.3. The zero-order valence-electron chi connectivity index (χ0n) is 40.0. The maximum absolute atomic E-state index is 2.50. The van der Waals surface area contributed by atoms with Crippen molar-refractivity contribution in [2.45, 2.75) is 5.41 Å². The maximum Gasteiger partial charge on any atom is 0.0726 e. The highest BCUT2D eigenvalue weighted by molar-refractivity contribution is 6.10. The molecule has 0 bridgehead atoms. The summed E-state index contributed by atoms with van der Waals surface area (Å²) in [4.78, 5) is 2.47. The molecule has 1 aromatic heterocycles. The normalized spacial score (nSPS) is 12.8. The van der Waals surface area contributed by atoms with Gasteiger partial charge in [-0.1, -0.05) is 206 Å². The predicted octanol–water partition coefficient (Wildman–Crippen LogP) is 18.8. The Labute approximate surface area is 425 Å². The van der Waals surface area contributed by atoms with E-state index in [1.165, 1.54) is 88.2 Å². The average molecular weight is 927 g/mol. The molecule has 2 aliphatic rings. The molecule has 340 valence electrons. The molecule has 1 heterocycles. The lowest BCUT2D eigenvalue weighted by Gasteiger charge is -2.32. The van der Waals surface area contributed by atoms with Crippen LogP contribution in [0.3, 0.4) is 0 Å². The van der Waals surface area contributed by atoms with Gasteiger partial charge < -0.3 is 9.47 Å². The summed E-state index contributed by atoms with van der Waals surface area (Å²) in [7, 11) is 0. The van der Waals surface area contributed by atoms with Crippen LogP contribution in [-0.2, 0) is 5.41 Å². The lowest BCUT2D eigenvalue weighted by molar-refractivity contribution is 0.793. The van der Waals surface area contributed by atoms with Crippen LogP contribution in [0, 0.1) is 0 Å². The molecule has 73 heavy (non-hydrogen) atoms. The summed E-state index contributed by atoms with van der Waals surface area (Å²) in [6.45, 7) is 0. The molecule has 0 radical (unpaired) electrons. The van der Waals surface area contributed by atoms with E-state index in [1.54, 1.807) is 0 Å². The van der Waals surface area contributed by atoms with Crippen LogP contribution in [0.15, 0.2) is 279 Å². The van der Waals surface area contributed by atoms with Gasteiger partial charge in [0.25, 0.3) is 0 Å². The van der Waals surface area contributed by atoms with Gasteiger partial charge in [0.05, 0.1) is 16.4 Å². The SMILES string of the molecule is c1ccc(N(c2cc(-c3ccc(-c4ccc5ccccc5c4)cc3)cc(-c3ccc4c5ccccc5n(-c5ccccc5)c4c3)c2)c2ccc3c(c2)C2(c4ccccc4-c4ccccc42)c2ccccc2-3)cc1. The Balaban J connectivity index is 0.954. The van der Waals surface area contributed by atoms with Crippen molar-refractivity contribution in [3.8, 4) is 61.3 Å². The Hall–Kier alpha value is -9.50. The molecule has 0 amide bonds. The number of hydrogen-bond donors (Lipinski definition) is 0. The molecule has 15 rings (SSSR count). The highest BCUT2D eigenvalue weighted by atomic mass is 15.1. The molecule has 0 saturated carbocycles. The van der Waals surface area contributed by atoms with Crippen molar-refractivity contribution in [2.24, 2.45) is 0 Å². The topological polar surface area (TPSA) is 8.17 Å². The second-order valence-electron chi connectivity index (χ2n) is 19.6. The minimum atomic E-state index is -0.468. The third-order valence-corrected chi connectivity index (χ3v) is 15.8. The monoisotopic (exact) mass is 926 g/mol. The van der Waals surface area contributed by atoms with E-state index in [2.05, 4.69) is 289 Å². The molecule has 2 nitrogen and oxygen atoms in total. The molecule has 0 aliphatic heterocycles. The highest BCUT2D eigenvalue weighted by Gasteiger charge is 2.51. The number of nitrogens with zero attached hydrogens (tertiary/aromatic N) is 2. The molecule has 0 atom stereocenters. The number of fused-ring (bicyclic) bond motifs is 14. The second-order valence-corrected chi connectivity index (χ2v) is 19.6. The lowest BCUT2D eigenvalue weighted by Crippen LogP contribution is -2.26. The number of rotatable bonds is 7. The van der Waals surface area contributed by atoms with Gasteiger partial charge in [-0.25, -0.2) is 0 Å². The molecule has 12 aromatic carbocycles. The fourth-order valence-corrected chi connectivity index (χ4v) is 12.5. The third kappa shape index (κ3) is 6.30. The van der Waals surface area contributed by atoms with E-state index in [1.807, 2.05) is 0 Å². The summed E-state index contributed by atoms with van der Waals surface area (Å²) in [6.07, 6.45) is 0. The van der Waals surface area contributed by atoms with Crippen LogP contribution >= 0.6 is 0 Å². The molecule has 2 aliphatic carbocycles. The van der Waals surface area contributed by atoms with Crippen LogP contribution in [-0.4, -0.2) is 4.57 Å². The Morgan fingerprint density at radius 1 is 0.260 bits per heavy atom. The number of benzene rings is 12. The highest BCUT2D eigenvalue weighted by Crippen LogP contribution is 2.63. The Morgan fingerprint density at radius 2 is 0.767 bits per heavy atom. The van der Waals surface area contributed by atoms with E-state index < -0.39 is 5.41 Å². The molecular weight excluding hydrogens is 881 g/mol. The van der Waals surface area contributed by atoms with Crippen molar-refractivity contribution in [3.05, 3.63) is 301 Å². The summed E-state index contributed by atoms with van der Waals surface area (Å²) in [6, 6.07) is 104. The third-order valence-electron chi connectivity index (χ3n) is 15.8. The Bertz CT molecular complexity index is 4250. The van der Waals surface area contributed by atoms with Gasteiger partial charge in [0.15, 0.2) is 0 Å². The van der Waals surface area contributed by atoms with Crippen molar-refractivity contribution in [3.63, 3.8) is 0 Å². The van der Waals surface area contributed by atoms with Gasteiger partial charge in [0.1, 0.15) is 0 Å². The van der Waals surface area contributed by atoms with E-state index in [4.69, 9.17) is 0 Å². The van der Waals surface area contributed by atoms with Crippen molar-refractivity contribution in [1.82, 2.24) is 4.57 Å². The summed E-state index contributed by atoms with van der Waals surface area (Å²) in [5.74, 6) is 0. The zero-order chi connectivity index (χ0) is 48.0. The van der Waals surface area contributed by atoms with E-state index in [-0.39, 0.29) is 0 Å². The van der Waals surface area contributed by atoms with Crippen molar-refractivity contribution in [2.75, 3.05) is 4.90 Å². The standard InChI is InChI=1S/C71H46N2/c1-3-19-55(20-4-1)72(57-38-40-62-61-25-11-15-29-67(61)71(68(62)46-57)65-27-13-9-23-59(65)60-24-10-14-28-66(60)71)58-43-53(49-33-31-48(32-34-49)51-36-35-47-17-7-8-18-50(47)41-51)42-54(44-58)52-37-39-64-63-26-12-16-30-69(63)73(70(64)45-52)56-21-5-2-6-22-56/h1-46H. The minimum absolute atomic E-state index is 0.468. The number of hydrogen-bond acceptors (Lipinski definition) is 1. The van der Waals surface area contributed by atoms with Gasteiger partial charge in [0, 0.05) is 33.5 Å². The zero-order valence-corrected chi connectivity index (χ0v) is 40.0. The predicted molar refractivity (Wildman–Crippen MR) is 306 cm³/mol. The van der Waals surface area contributed by atoms with E-state index in [0.717, 1.165) is 45.0 Å². The van der Waals surface area contributed by atoms with Crippen LogP contribution in [0.2, 0.25) is 0 Å². The number of anilines is 3. The molecule has 0 fully saturated rings. The number of aromatic nitrogens is 1. The molecular formula is C71H46N2. The molecule has 0 saturated heterocycles. The van der Waals surface area contributed by atoms with Gasteiger partial charge in [-0.15, -0.1) is 0 Å². The molecule has 13 aromatic rings. The summed E-state index contributed by atoms with van der Waals surface area (Å²) in [5.41, 5.74) is 23.8. The summed E-state index contributed by atoms with van der Waals surface area (Å²) in [5, 5.41) is 4.97. The van der Waals surface area contributed by atoms with E-state index in [9.17, 15) is 0 Å². The maximum atomic E-state index is 2.50. The van der Waals surface area contributed by atoms with Crippen LogP contribution in [0.5, 0.6) is 0 Å². The molecule has 1 spiro atoms. The quantitative estimate of drug-likeness (QED) is 0.155. The fraction of sp³-hybridized carbons (Fsp3) is 0.0141.